The fraction of sp³-hybridized carbons (Fsp3) is 0.273. The second kappa shape index (κ2) is 5.16. The highest BCUT2D eigenvalue weighted by Gasteiger charge is 2.11. The van der Waals surface area contributed by atoms with Gasteiger partial charge in [0.1, 0.15) is 0 Å². The second-order valence-electron chi connectivity index (χ2n) is 3.15. The Morgan fingerprint density at radius 2 is 2.36 bits per heavy atom. The summed E-state index contributed by atoms with van der Waals surface area (Å²) >= 11 is 3.48. The average Bonchev–Trinajstić information content (AvgIpc) is 2.18. The minimum absolute atomic E-state index is 0.00859. The number of rotatable bonds is 3. The molecule has 1 rings (SSSR count). The summed E-state index contributed by atoms with van der Waals surface area (Å²) in [5, 5.41) is 0. The molecule has 0 aromatic heterocycles. The smallest absolute Gasteiger partial charge is 0.0580 e. The van der Waals surface area contributed by atoms with Crippen LogP contribution in [0.2, 0.25) is 0 Å². The standard InChI is InChI=1S/C11H13BrN2/c1-3-4-11(14-13)9-7-8(2)5-6-10(9)12/h1,5-7,11,14H,4,13H2,2H3. The van der Waals surface area contributed by atoms with E-state index in [1.165, 1.54) is 5.56 Å². The third kappa shape index (κ3) is 2.58. The highest BCUT2D eigenvalue weighted by atomic mass is 79.9. The zero-order valence-corrected chi connectivity index (χ0v) is 9.64. The van der Waals surface area contributed by atoms with Gasteiger partial charge in [0.05, 0.1) is 6.04 Å². The van der Waals surface area contributed by atoms with Gasteiger partial charge in [-0.1, -0.05) is 33.6 Å². The van der Waals surface area contributed by atoms with Crippen molar-refractivity contribution in [2.45, 2.75) is 19.4 Å². The monoisotopic (exact) mass is 252 g/mol. The molecular formula is C11H13BrN2. The Morgan fingerprint density at radius 1 is 1.64 bits per heavy atom. The SMILES string of the molecule is C#CCC(NN)c1cc(C)ccc1Br. The van der Waals surface area contributed by atoms with Crippen LogP contribution in [0.25, 0.3) is 0 Å². The van der Waals surface area contributed by atoms with E-state index in [4.69, 9.17) is 12.3 Å². The molecule has 1 aromatic carbocycles. The normalized spacial score (nSPS) is 12.1. The lowest BCUT2D eigenvalue weighted by atomic mass is 10.0. The van der Waals surface area contributed by atoms with Crippen LogP contribution in [0.5, 0.6) is 0 Å². The molecule has 0 saturated carbocycles. The molecular weight excluding hydrogens is 240 g/mol. The summed E-state index contributed by atoms with van der Waals surface area (Å²) in [6.07, 6.45) is 5.85. The van der Waals surface area contributed by atoms with Gasteiger partial charge >= 0.3 is 0 Å². The summed E-state index contributed by atoms with van der Waals surface area (Å²) in [5.74, 6) is 8.04. The van der Waals surface area contributed by atoms with Gasteiger partial charge in [-0.15, -0.1) is 12.3 Å². The molecule has 0 heterocycles. The van der Waals surface area contributed by atoms with Crippen LogP contribution < -0.4 is 11.3 Å². The minimum Gasteiger partial charge on any atom is -0.271 e. The Morgan fingerprint density at radius 3 is 2.93 bits per heavy atom. The molecule has 1 aromatic rings. The summed E-state index contributed by atoms with van der Waals surface area (Å²) in [4.78, 5) is 0. The first-order valence-corrected chi connectivity index (χ1v) is 5.14. The van der Waals surface area contributed by atoms with Crippen molar-refractivity contribution in [2.75, 3.05) is 0 Å². The van der Waals surface area contributed by atoms with Gasteiger partial charge in [-0.2, -0.15) is 0 Å². The van der Waals surface area contributed by atoms with E-state index in [0.29, 0.717) is 6.42 Å². The quantitative estimate of drug-likeness (QED) is 0.492. The Kier molecular flexibility index (Phi) is 4.15. The van der Waals surface area contributed by atoms with Crippen molar-refractivity contribution in [3.63, 3.8) is 0 Å². The largest absolute Gasteiger partial charge is 0.271 e. The molecule has 14 heavy (non-hydrogen) atoms. The van der Waals surface area contributed by atoms with E-state index in [1.54, 1.807) is 0 Å². The molecule has 0 aliphatic rings. The number of hydrogen-bond donors (Lipinski definition) is 2. The summed E-state index contributed by atoms with van der Waals surface area (Å²) in [5.41, 5.74) is 5.01. The van der Waals surface area contributed by atoms with Crippen molar-refractivity contribution < 1.29 is 0 Å². The van der Waals surface area contributed by atoms with E-state index in [2.05, 4.69) is 33.3 Å². The van der Waals surface area contributed by atoms with E-state index in [9.17, 15) is 0 Å². The van der Waals surface area contributed by atoms with Crippen LogP contribution in [0.15, 0.2) is 22.7 Å². The van der Waals surface area contributed by atoms with Gasteiger partial charge in [0.15, 0.2) is 0 Å². The minimum atomic E-state index is 0.00859. The molecule has 0 aliphatic carbocycles. The number of halogens is 1. The van der Waals surface area contributed by atoms with E-state index in [0.717, 1.165) is 10.0 Å². The first kappa shape index (κ1) is 11.3. The fourth-order valence-corrected chi connectivity index (χ4v) is 1.83. The number of hydrogen-bond acceptors (Lipinski definition) is 2. The van der Waals surface area contributed by atoms with Crippen molar-refractivity contribution in [2.24, 2.45) is 5.84 Å². The molecule has 0 radical (unpaired) electrons. The maximum atomic E-state index is 5.44. The topological polar surface area (TPSA) is 38.0 Å². The Bertz CT molecular complexity index is 355. The van der Waals surface area contributed by atoms with Gasteiger partial charge in [-0.3, -0.25) is 11.3 Å². The molecule has 0 fully saturated rings. The molecule has 0 amide bonds. The van der Waals surface area contributed by atoms with E-state index in [1.807, 2.05) is 19.1 Å². The third-order valence-corrected chi connectivity index (χ3v) is 2.77. The van der Waals surface area contributed by atoms with Gasteiger partial charge in [0, 0.05) is 10.9 Å². The summed E-state index contributed by atoms with van der Waals surface area (Å²) < 4.78 is 1.03. The Labute approximate surface area is 93.0 Å². The summed E-state index contributed by atoms with van der Waals surface area (Å²) in [6, 6.07) is 6.13. The van der Waals surface area contributed by atoms with Gasteiger partial charge in [0.25, 0.3) is 0 Å². The van der Waals surface area contributed by atoms with E-state index in [-0.39, 0.29) is 6.04 Å². The second-order valence-corrected chi connectivity index (χ2v) is 4.01. The van der Waals surface area contributed by atoms with Crippen molar-refractivity contribution in [3.8, 4) is 12.3 Å². The highest BCUT2D eigenvalue weighted by Crippen LogP contribution is 2.25. The van der Waals surface area contributed by atoms with Crippen molar-refractivity contribution in [3.05, 3.63) is 33.8 Å². The van der Waals surface area contributed by atoms with Crippen LogP contribution in [-0.2, 0) is 0 Å². The number of terminal acetylenes is 1. The van der Waals surface area contributed by atoms with Gasteiger partial charge in [0.2, 0.25) is 0 Å². The predicted molar refractivity (Wildman–Crippen MR) is 62.4 cm³/mol. The Hall–Kier alpha value is -0.820. The predicted octanol–water partition coefficient (Wildman–Crippen LogP) is 2.29. The molecule has 3 N–H and O–H groups in total. The van der Waals surface area contributed by atoms with E-state index < -0.39 is 0 Å². The van der Waals surface area contributed by atoms with Crippen molar-refractivity contribution in [1.82, 2.24) is 5.43 Å². The summed E-state index contributed by atoms with van der Waals surface area (Å²) in [6.45, 7) is 2.04. The van der Waals surface area contributed by atoms with Crippen LogP contribution in [0.3, 0.4) is 0 Å². The number of nitrogens with one attached hydrogen (secondary N) is 1. The molecule has 74 valence electrons. The molecule has 0 saturated heterocycles. The van der Waals surface area contributed by atoms with Gasteiger partial charge < -0.3 is 0 Å². The maximum Gasteiger partial charge on any atom is 0.0580 e. The van der Waals surface area contributed by atoms with Crippen molar-refractivity contribution >= 4 is 15.9 Å². The first-order chi connectivity index (χ1) is 6.69. The van der Waals surface area contributed by atoms with E-state index >= 15 is 0 Å². The van der Waals surface area contributed by atoms with Crippen molar-refractivity contribution in [1.29, 1.82) is 0 Å². The van der Waals surface area contributed by atoms with Crippen LogP contribution in [0.4, 0.5) is 0 Å². The molecule has 1 unspecified atom stereocenters. The number of nitrogens with two attached hydrogens (primary N) is 1. The molecule has 0 bridgehead atoms. The van der Waals surface area contributed by atoms with Crippen LogP contribution in [0.1, 0.15) is 23.6 Å². The molecule has 3 heteroatoms. The maximum absolute atomic E-state index is 5.44. The molecule has 2 nitrogen and oxygen atoms in total. The first-order valence-electron chi connectivity index (χ1n) is 4.34. The summed E-state index contributed by atoms with van der Waals surface area (Å²) in [7, 11) is 0. The fourth-order valence-electron chi connectivity index (χ4n) is 1.31. The lowest BCUT2D eigenvalue weighted by molar-refractivity contribution is 0.566. The zero-order chi connectivity index (χ0) is 10.6. The number of hydrazine groups is 1. The van der Waals surface area contributed by atoms with Gasteiger partial charge in [-0.25, -0.2) is 0 Å². The zero-order valence-electron chi connectivity index (χ0n) is 8.05. The number of aryl methyl sites for hydroxylation is 1. The lowest BCUT2D eigenvalue weighted by Gasteiger charge is -2.15. The highest BCUT2D eigenvalue weighted by molar-refractivity contribution is 9.10. The molecule has 0 aliphatic heterocycles. The van der Waals surface area contributed by atoms with Crippen LogP contribution >= 0.6 is 15.9 Å². The molecule has 0 spiro atoms. The molecule has 1 atom stereocenters. The van der Waals surface area contributed by atoms with Crippen LogP contribution in [-0.4, -0.2) is 0 Å². The Balaban J connectivity index is 3.03. The number of benzene rings is 1. The average molecular weight is 253 g/mol. The lowest BCUT2D eigenvalue weighted by Crippen LogP contribution is -2.28. The third-order valence-electron chi connectivity index (χ3n) is 2.05. The van der Waals surface area contributed by atoms with Gasteiger partial charge in [-0.05, 0) is 18.6 Å². The van der Waals surface area contributed by atoms with Crippen LogP contribution in [0, 0.1) is 19.3 Å².